The first-order valence-electron chi connectivity index (χ1n) is 16.6. The summed E-state index contributed by atoms with van der Waals surface area (Å²) in [6.07, 6.45) is 20.8. The van der Waals surface area contributed by atoms with Crippen molar-refractivity contribution in [3.63, 3.8) is 0 Å². The summed E-state index contributed by atoms with van der Waals surface area (Å²) in [5.74, 6) is 1.13. The van der Waals surface area contributed by atoms with Gasteiger partial charge in [-0.1, -0.05) is 31.2 Å². The van der Waals surface area contributed by atoms with Crippen LogP contribution in [0.5, 0.6) is 0 Å². The third-order valence-corrected chi connectivity index (χ3v) is 10.4. The Morgan fingerprint density at radius 1 is 1.21 bits per heavy atom. The second kappa shape index (κ2) is 16.2. The first kappa shape index (κ1) is 33.6. The summed E-state index contributed by atoms with van der Waals surface area (Å²) in [6.45, 7) is 6.83. The van der Waals surface area contributed by atoms with E-state index in [1.165, 1.54) is 24.5 Å². The van der Waals surface area contributed by atoms with Crippen molar-refractivity contribution in [2.24, 2.45) is 33.9 Å². The molecule has 0 aromatic carbocycles. The fourth-order valence-corrected chi connectivity index (χ4v) is 7.63. The molecule has 8 atom stereocenters. The number of hydrogen-bond donors (Lipinski definition) is 3. The van der Waals surface area contributed by atoms with Crippen molar-refractivity contribution in [3.05, 3.63) is 42.0 Å². The fourth-order valence-electron chi connectivity index (χ4n) is 7.63. The summed E-state index contributed by atoms with van der Waals surface area (Å²) in [6, 6.07) is 0. The molecule has 0 radical (unpaired) electrons. The van der Waals surface area contributed by atoms with Crippen molar-refractivity contribution in [1.29, 1.82) is 0 Å². The number of nitrogens with two attached hydrogens (primary N) is 2. The van der Waals surface area contributed by atoms with E-state index in [0.717, 1.165) is 57.9 Å². The van der Waals surface area contributed by atoms with Crippen LogP contribution in [0.4, 0.5) is 0 Å². The van der Waals surface area contributed by atoms with E-state index in [4.69, 9.17) is 15.2 Å². The highest BCUT2D eigenvalue weighted by atomic mass is 16.5. The SMILES string of the molecule is COC1CC(CCC(=O)C[C@@H](CC[C@]2(CC3=C(CCC4CC[NH2+]C(N)C4)[CH+]N=C3)C=CC=C[C@H]2C)OC(C)=O)CCC1O. The minimum atomic E-state index is -0.433. The average Bonchev–Trinajstić information content (AvgIpc) is 3.42. The fraction of sp³-hybridized carbons (Fsp3) is 0.714. The second-order valence-electron chi connectivity index (χ2n) is 13.6. The van der Waals surface area contributed by atoms with Gasteiger partial charge in [-0.05, 0) is 69.1 Å². The molecular formula is C35H55N3O5+2. The summed E-state index contributed by atoms with van der Waals surface area (Å²) in [7, 11) is 1.64. The monoisotopic (exact) mass is 597 g/mol. The lowest BCUT2D eigenvalue weighted by molar-refractivity contribution is -0.699. The molecule has 4 rings (SSSR count). The Hall–Kier alpha value is -2.26. The Morgan fingerprint density at radius 3 is 2.77 bits per heavy atom. The molecule has 5 N–H and O–H groups in total. The number of rotatable bonds is 15. The van der Waals surface area contributed by atoms with E-state index in [1.54, 1.807) is 7.11 Å². The summed E-state index contributed by atoms with van der Waals surface area (Å²) in [5, 5.41) is 12.3. The number of aliphatic imine (C=N–C) groups is 1. The topological polar surface area (TPSA) is 128 Å². The van der Waals surface area contributed by atoms with Crippen molar-refractivity contribution >= 4 is 18.0 Å². The number of methoxy groups -OCH3 is 1. The quantitative estimate of drug-likeness (QED) is 0.190. The van der Waals surface area contributed by atoms with E-state index in [9.17, 15) is 14.7 Å². The Kier molecular flexibility index (Phi) is 12.6. The number of piperidine rings is 1. The van der Waals surface area contributed by atoms with Gasteiger partial charge in [-0.25, -0.2) is 0 Å². The smallest absolute Gasteiger partial charge is 0.302 e. The van der Waals surface area contributed by atoms with Crippen molar-refractivity contribution in [2.75, 3.05) is 13.7 Å². The van der Waals surface area contributed by atoms with Gasteiger partial charge in [0.05, 0.1) is 24.3 Å². The zero-order chi connectivity index (χ0) is 30.8. The van der Waals surface area contributed by atoms with Crippen molar-refractivity contribution in [2.45, 2.75) is 122 Å². The number of aliphatic hydroxyl groups excluding tert-OH is 1. The van der Waals surface area contributed by atoms with Crippen LogP contribution in [0.15, 0.2) is 40.4 Å². The van der Waals surface area contributed by atoms with Crippen molar-refractivity contribution in [3.8, 4) is 0 Å². The third kappa shape index (κ3) is 9.87. The van der Waals surface area contributed by atoms with Gasteiger partial charge in [0.25, 0.3) is 0 Å². The maximum absolute atomic E-state index is 13.1. The van der Waals surface area contributed by atoms with Crippen molar-refractivity contribution in [1.82, 2.24) is 0 Å². The zero-order valence-corrected chi connectivity index (χ0v) is 26.6. The first-order chi connectivity index (χ1) is 20.7. The number of Topliss-reactive ketones (excluding diaryl/α,β-unsaturated/α-hetero) is 1. The molecule has 1 saturated heterocycles. The molecule has 1 saturated carbocycles. The molecule has 0 aromatic heterocycles. The molecule has 238 valence electrons. The lowest BCUT2D eigenvalue weighted by atomic mass is 9.66. The third-order valence-electron chi connectivity index (χ3n) is 10.4. The molecule has 0 spiro atoms. The highest BCUT2D eigenvalue weighted by molar-refractivity contribution is 5.84. The van der Waals surface area contributed by atoms with E-state index in [2.05, 4.69) is 41.5 Å². The Bertz CT molecular complexity index is 1070. The predicted molar refractivity (Wildman–Crippen MR) is 169 cm³/mol. The maximum atomic E-state index is 13.1. The van der Waals surface area contributed by atoms with Gasteiger partial charge in [-0.15, -0.1) is 4.99 Å². The van der Waals surface area contributed by atoms with Crippen LogP contribution < -0.4 is 11.1 Å². The van der Waals surface area contributed by atoms with Crippen molar-refractivity contribution < 1.29 is 29.5 Å². The lowest BCUT2D eigenvalue weighted by Gasteiger charge is -2.37. The van der Waals surface area contributed by atoms with Gasteiger partial charge in [0, 0.05) is 51.6 Å². The summed E-state index contributed by atoms with van der Waals surface area (Å²) in [4.78, 5) is 29.7. The Balaban J connectivity index is 1.36. The number of carbonyl (C=O) groups excluding carboxylic acids is 2. The molecule has 8 nitrogen and oxygen atoms in total. The number of ketones is 1. The van der Waals surface area contributed by atoms with Crippen LogP contribution in [0, 0.1) is 29.7 Å². The van der Waals surface area contributed by atoms with Crippen LogP contribution in [0.3, 0.4) is 0 Å². The summed E-state index contributed by atoms with van der Waals surface area (Å²) in [5.41, 5.74) is 8.68. The van der Waals surface area contributed by atoms with Crippen LogP contribution in [0.25, 0.3) is 0 Å². The number of ether oxygens (including phenoxy) is 2. The molecule has 2 heterocycles. The molecule has 5 unspecified atom stereocenters. The number of allylic oxidation sites excluding steroid dienone is 5. The number of nitrogens with zero attached hydrogens (tertiary/aromatic N) is 1. The molecule has 0 bridgehead atoms. The van der Waals surface area contributed by atoms with Gasteiger partial charge < -0.3 is 19.9 Å². The van der Waals surface area contributed by atoms with Gasteiger partial charge in [-0.3, -0.25) is 15.3 Å². The molecular weight excluding hydrogens is 542 g/mol. The molecule has 2 aliphatic heterocycles. The number of hydrogen-bond acceptors (Lipinski definition) is 7. The van der Waals surface area contributed by atoms with Crippen LogP contribution in [-0.4, -0.2) is 61.2 Å². The van der Waals surface area contributed by atoms with Gasteiger partial charge >= 0.3 is 5.97 Å². The highest BCUT2D eigenvalue weighted by Gasteiger charge is 2.39. The van der Waals surface area contributed by atoms with E-state index < -0.39 is 12.2 Å². The van der Waals surface area contributed by atoms with E-state index in [-0.39, 0.29) is 35.9 Å². The average molecular weight is 598 g/mol. The van der Waals surface area contributed by atoms with Crippen LogP contribution in [0.1, 0.15) is 97.3 Å². The van der Waals surface area contributed by atoms with Gasteiger partial charge in [0.2, 0.25) is 0 Å². The van der Waals surface area contributed by atoms with E-state index >= 15 is 0 Å². The van der Waals surface area contributed by atoms with Gasteiger partial charge in [0.15, 0.2) is 6.21 Å². The standard InChI is InChI=1S/C35H54N3O5/c1-24-6-4-5-15-35(24,21-29-23-37-22-28(29)10-7-27-14-17-38-34(36)19-27)16-13-31(43-25(2)39)20-30(40)11-8-26-9-12-32(41)33(18-26)42-3/h4-6,15,22-24,26-27,31-34,38,41H,7-14,16-21,36H2,1-3H3/q+1/p+1/t24-,26?,27?,31-,32?,33?,34?,35+/m1/s1. The Labute approximate surface area is 258 Å². The van der Waals surface area contributed by atoms with Crippen LogP contribution in [-0.2, 0) is 19.1 Å². The molecule has 2 fully saturated rings. The largest absolute Gasteiger partial charge is 0.462 e. The molecule has 2 aliphatic carbocycles. The number of carbonyl (C=O) groups is 2. The first-order valence-corrected chi connectivity index (χ1v) is 16.6. The predicted octanol–water partition coefficient (Wildman–Crippen LogP) is 4.33. The molecule has 4 aliphatic rings. The van der Waals surface area contributed by atoms with Gasteiger partial charge in [0.1, 0.15) is 30.2 Å². The van der Waals surface area contributed by atoms with Crippen LogP contribution >= 0.6 is 0 Å². The zero-order valence-electron chi connectivity index (χ0n) is 26.6. The normalized spacial score (nSPS) is 33.0. The minimum Gasteiger partial charge on any atom is -0.462 e. The highest BCUT2D eigenvalue weighted by Crippen LogP contribution is 2.45. The molecule has 0 aromatic rings. The van der Waals surface area contributed by atoms with Gasteiger partial charge in [-0.2, -0.15) is 0 Å². The number of quaternary nitrogens is 1. The van der Waals surface area contributed by atoms with E-state index in [0.29, 0.717) is 37.0 Å². The number of esters is 1. The maximum Gasteiger partial charge on any atom is 0.302 e. The molecule has 8 heteroatoms. The molecule has 43 heavy (non-hydrogen) atoms. The second-order valence-corrected chi connectivity index (χ2v) is 13.6. The lowest BCUT2D eigenvalue weighted by Crippen LogP contribution is -2.94. The summed E-state index contributed by atoms with van der Waals surface area (Å²) < 4.78 is 11.2. The summed E-state index contributed by atoms with van der Waals surface area (Å²) >= 11 is 0. The molecule has 0 amide bonds. The van der Waals surface area contributed by atoms with E-state index in [1.807, 2.05) is 12.8 Å². The number of aliphatic hydroxyl groups is 1. The minimum absolute atomic E-state index is 0.134. The van der Waals surface area contributed by atoms with Crippen LogP contribution in [0.2, 0.25) is 0 Å². The Morgan fingerprint density at radius 2 is 2.02 bits per heavy atom.